The van der Waals surface area contributed by atoms with Crippen molar-refractivity contribution in [3.8, 4) is 23.1 Å². The maximum absolute atomic E-state index is 13.0. The zero-order chi connectivity index (χ0) is 24.5. The van der Waals surface area contributed by atoms with Crippen molar-refractivity contribution in [2.75, 3.05) is 26.4 Å². The number of aromatic nitrogens is 2. The highest BCUT2D eigenvalue weighted by atomic mass is 35.5. The summed E-state index contributed by atoms with van der Waals surface area (Å²) in [6.07, 6.45) is 2.11. The summed E-state index contributed by atoms with van der Waals surface area (Å²) >= 11 is 6.23. The minimum Gasteiger partial charge on any atom is -0.491 e. The highest BCUT2D eigenvalue weighted by Crippen LogP contribution is 2.34. The fourth-order valence-electron chi connectivity index (χ4n) is 4.67. The van der Waals surface area contributed by atoms with E-state index in [-0.39, 0.29) is 36.1 Å². The average molecular weight is 495 g/mol. The summed E-state index contributed by atoms with van der Waals surface area (Å²) in [5.41, 5.74) is 1.53. The first-order valence-corrected chi connectivity index (χ1v) is 11.6. The lowest BCUT2D eigenvalue weighted by atomic mass is 9.86. The molecule has 0 aliphatic carbocycles. The van der Waals surface area contributed by atoms with Crippen molar-refractivity contribution < 1.29 is 19.4 Å². The molecule has 4 heterocycles. The number of aromatic amines is 1. The molecule has 0 bridgehead atoms. The number of carbonyl (C=O) groups is 2. The smallest absolute Gasteiger partial charge is 0.336 e. The van der Waals surface area contributed by atoms with E-state index in [4.69, 9.17) is 16.3 Å². The Morgan fingerprint density at radius 3 is 2.97 bits per heavy atom. The third-order valence-electron chi connectivity index (χ3n) is 6.48. The number of nitriles is 1. The molecule has 3 atom stereocenters. The number of piperidine rings is 1. The highest BCUT2D eigenvalue weighted by Gasteiger charge is 2.40. The molecule has 35 heavy (non-hydrogen) atoms. The highest BCUT2D eigenvalue weighted by molar-refractivity contribution is 6.31. The molecule has 3 aromatic rings. The standard InChI is InChI=1S/C24H23ClN6O4/c25-13-1-2-21(17(7-13)19-9-16(24(33)34)15-3-4-27-22(15)30-19)35-6-5-31-12-29-20-11-28-14(10-26)8-18(20)23(31)32/h1-4,7,9,14,18,20,28-29H,5-6,8,11-12H2,(H,27,30)(H,33,34). The summed E-state index contributed by atoms with van der Waals surface area (Å²) in [6, 6.07) is 10.1. The van der Waals surface area contributed by atoms with E-state index in [9.17, 15) is 20.0 Å². The van der Waals surface area contributed by atoms with Crippen LogP contribution in [-0.4, -0.2) is 70.3 Å². The van der Waals surface area contributed by atoms with E-state index in [0.717, 1.165) is 0 Å². The summed E-state index contributed by atoms with van der Waals surface area (Å²) in [5, 5.41) is 26.3. The molecule has 2 aliphatic heterocycles. The van der Waals surface area contributed by atoms with Crippen molar-refractivity contribution in [2.45, 2.75) is 18.5 Å². The number of nitrogens with one attached hydrogen (secondary N) is 3. The molecule has 0 spiro atoms. The molecule has 11 heteroatoms. The van der Waals surface area contributed by atoms with E-state index < -0.39 is 5.97 Å². The maximum Gasteiger partial charge on any atom is 0.336 e. The molecule has 180 valence electrons. The van der Waals surface area contributed by atoms with Crippen molar-refractivity contribution in [3.05, 3.63) is 47.1 Å². The van der Waals surface area contributed by atoms with Crippen LogP contribution in [0.1, 0.15) is 16.8 Å². The van der Waals surface area contributed by atoms with E-state index >= 15 is 0 Å². The number of pyridine rings is 1. The number of fused-ring (bicyclic) bond motifs is 2. The summed E-state index contributed by atoms with van der Waals surface area (Å²) in [6.45, 7) is 1.56. The van der Waals surface area contributed by atoms with E-state index in [1.165, 1.54) is 6.07 Å². The molecule has 10 nitrogen and oxygen atoms in total. The largest absolute Gasteiger partial charge is 0.491 e. The van der Waals surface area contributed by atoms with Crippen molar-refractivity contribution in [1.82, 2.24) is 25.5 Å². The molecule has 2 fully saturated rings. The maximum atomic E-state index is 13.0. The van der Waals surface area contributed by atoms with Gasteiger partial charge in [0.15, 0.2) is 0 Å². The van der Waals surface area contributed by atoms with Gasteiger partial charge in [-0.2, -0.15) is 5.26 Å². The van der Waals surface area contributed by atoms with Crippen molar-refractivity contribution in [3.63, 3.8) is 0 Å². The molecule has 2 aliphatic rings. The Bertz CT molecular complexity index is 1340. The number of carboxylic acids is 1. The zero-order valence-corrected chi connectivity index (χ0v) is 19.4. The number of hydrogen-bond donors (Lipinski definition) is 4. The fraction of sp³-hybridized carbons (Fsp3) is 0.333. The van der Waals surface area contributed by atoms with Crippen LogP contribution in [0.15, 0.2) is 36.5 Å². The van der Waals surface area contributed by atoms with Crippen LogP contribution >= 0.6 is 11.6 Å². The summed E-state index contributed by atoms with van der Waals surface area (Å²) in [7, 11) is 0. The Kier molecular flexibility index (Phi) is 6.30. The number of rotatable bonds is 6. The molecule has 5 rings (SSSR count). The van der Waals surface area contributed by atoms with Crippen LogP contribution in [0, 0.1) is 17.2 Å². The first-order valence-electron chi connectivity index (χ1n) is 11.2. The van der Waals surface area contributed by atoms with Gasteiger partial charge in [0.1, 0.15) is 18.0 Å². The molecule has 0 saturated carbocycles. The summed E-state index contributed by atoms with van der Waals surface area (Å²) in [5.74, 6) is -0.813. The topological polar surface area (TPSA) is 143 Å². The molecular formula is C24H23ClN6O4. The lowest BCUT2D eigenvalue weighted by Gasteiger charge is -2.42. The van der Waals surface area contributed by atoms with Gasteiger partial charge in [-0.1, -0.05) is 11.6 Å². The van der Waals surface area contributed by atoms with E-state index in [1.807, 2.05) is 0 Å². The molecule has 4 N–H and O–H groups in total. The van der Waals surface area contributed by atoms with E-state index in [1.54, 1.807) is 35.4 Å². The second-order valence-corrected chi connectivity index (χ2v) is 9.03. The predicted molar refractivity (Wildman–Crippen MR) is 128 cm³/mol. The number of carboxylic acid groups (broad SMARTS) is 1. The number of amides is 1. The van der Waals surface area contributed by atoms with Gasteiger partial charge in [0, 0.05) is 34.8 Å². The van der Waals surface area contributed by atoms with Crippen LogP contribution in [-0.2, 0) is 4.79 Å². The zero-order valence-electron chi connectivity index (χ0n) is 18.6. The Labute approximate surface area is 205 Å². The number of halogens is 1. The van der Waals surface area contributed by atoms with Gasteiger partial charge < -0.3 is 25.0 Å². The van der Waals surface area contributed by atoms with Gasteiger partial charge in [-0.05, 0) is 36.8 Å². The second kappa shape index (κ2) is 9.54. The van der Waals surface area contributed by atoms with Crippen molar-refractivity contribution in [2.24, 2.45) is 5.92 Å². The molecule has 1 amide bonds. The lowest BCUT2D eigenvalue weighted by molar-refractivity contribution is -0.142. The quantitative estimate of drug-likeness (QED) is 0.408. The number of benzene rings is 1. The normalized spacial score (nSPS) is 22.0. The van der Waals surface area contributed by atoms with Crippen LogP contribution in [0.2, 0.25) is 5.02 Å². The third kappa shape index (κ3) is 4.53. The fourth-order valence-corrected chi connectivity index (χ4v) is 4.85. The number of hydrogen-bond acceptors (Lipinski definition) is 7. The molecule has 2 aromatic heterocycles. The first kappa shape index (κ1) is 23.1. The van der Waals surface area contributed by atoms with Crippen LogP contribution < -0.4 is 15.4 Å². The molecule has 3 unspecified atom stereocenters. The molecule has 2 saturated heterocycles. The number of aromatic carboxylic acids is 1. The third-order valence-corrected chi connectivity index (χ3v) is 6.72. The van der Waals surface area contributed by atoms with Crippen molar-refractivity contribution in [1.29, 1.82) is 5.26 Å². The average Bonchev–Trinajstić information content (AvgIpc) is 3.34. The monoisotopic (exact) mass is 494 g/mol. The Hall–Kier alpha value is -3.65. The number of H-pyrrole nitrogens is 1. The minimum atomic E-state index is -1.06. The van der Waals surface area contributed by atoms with Gasteiger partial charge in [0.05, 0.1) is 42.5 Å². The van der Waals surface area contributed by atoms with Gasteiger partial charge in [-0.15, -0.1) is 0 Å². The van der Waals surface area contributed by atoms with E-state index in [0.29, 0.717) is 59.2 Å². The lowest BCUT2D eigenvalue weighted by Crippen LogP contribution is -2.64. The molecule has 1 aromatic carbocycles. The minimum absolute atomic E-state index is 0.0143. The van der Waals surface area contributed by atoms with Gasteiger partial charge in [0.2, 0.25) is 5.91 Å². The summed E-state index contributed by atoms with van der Waals surface area (Å²) in [4.78, 5) is 34.0. The van der Waals surface area contributed by atoms with Gasteiger partial charge in [-0.3, -0.25) is 10.1 Å². The van der Waals surface area contributed by atoms with Crippen LogP contribution in [0.3, 0.4) is 0 Å². The number of carbonyl (C=O) groups excluding carboxylic acids is 1. The first-order chi connectivity index (χ1) is 16.9. The van der Waals surface area contributed by atoms with Crippen LogP contribution in [0.25, 0.3) is 22.3 Å². The van der Waals surface area contributed by atoms with Crippen LogP contribution in [0.5, 0.6) is 5.75 Å². The second-order valence-electron chi connectivity index (χ2n) is 8.59. The Morgan fingerprint density at radius 2 is 2.17 bits per heavy atom. The molecule has 0 radical (unpaired) electrons. The van der Waals surface area contributed by atoms with Gasteiger partial charge in [-0.25, -0.2) is 9.78 Å². The Morgan fingerprint density at radius 1 is 1.31 bits per heavy atom. The van der Waals surface area contributed by atoms with Gasteiger partial charge in [0.25, 0.3) is 0 Å². The number of ether oxygens (including phenoxy) is 1. The van der Waals surface area contributed by atoms with Crippen molar-refractivity contribution >= 4 is 34.5 Å². The summed E-state index contributed by atoms with van der Waals surface area (Å²) < 4.78 is 6.03. The van der Waals surface area contributed by atoms with E-state index in [2.05, 4.69) is 26.7 Å². The van der Waals surface area contributed by atoms with Gasteiger partial charge >= 0.3 is 5.97 Å². The Balaban J connectivity index is 1.33. The number of nitrogens with zero attached hydrogens (tertiary/aromatic N) is 3. The van der Waals surface area contributed by atoms with Crippen LogP contribution in [0.4, 0.5) is 0 Å². The predicted octanol–water partition coefficient (Wildman–Crippen LogP) is 2.22. The molecular weight excluding hydrogens is 472 g/mol. The SMILES string of the molecule is N#CC1CC2C(=O)N(CCOc3ccc(Cl)cc3-c3cc(C(=O)O)c4cc[nH]c4n3)CNC2CN1.